The molecule has 0 fully saturated rings. The van der Waals surface area contributed by atoms with E-state index < -0.39 is 5.97 Å². The van der Waals surface area contributed by atoms with E-state index >= 15 is 0 Å². The summed E-state index contributed by atoms with van der Waals surface area (Å²) in [4.78, 5) is 19.5. The molecule has 0 amide bonds. The maximum Gasteiger partial charge on any atom is 0.304 e. The number of hydrogen-bond donors (Lipinski definition) is 3. The fraction of sp³-hybridized carbons (Fsp3) is 0.375. The molecule has 8 nitrogen and oxygen atoms in total. The van der Waals surface area contributed by atoms with E-state index in [2.05, 4.69) is 72.3 Å². The van der Waals surface area contributed by atoms with Crippen molar-refractivity contribution in [2.45, 2.75) is 64.6 Å². The number of hydrogen-bond acceptors (Lipinski definition) is 8. The van der Waals surface area contributed by atoms with Gasteiger partial charge in [0.25, 0.3) is 0 Å². The van der Waals surface area contributed by atoms with Crippen LogP contribution in [0.15, 0.2) is 54.0 Å². The van der Waals surface area contributed by atoms with Gasteiger partial charge >= 0.3 is 5.97 Å². The first kappa shape index (κ1) is 27.5. The van der Waals surface area contributed by atoms with Crippen LogP contribution < -0.4 is 20.7 Å². The summed E-state index contributed by atoms with van der Waals surface area (Å²) in [5.74, 6) is -0.214. The smallest absolute Gasteiger partial charge is 0.304 e. The molecule has 41 heavy (non-hydrogen) atoms. The van der Waals surface area contributed by atoms with Gasteiger partial charge in [0.15, 0.2) is 0 Å². The summed E-state index contributed by atoms with van der Waals surface area (Å²) in [6.45, 7) is 7.98. The number of fused-ring (bicyclic) bond motifs is 3. The molecule has 2 aliphatic rings. The number of carboxylic acid groups (broad SMARTS) is 1. The second-order valence-electron chi connectivity index (χ2n) is 11.0. The predicted molar refractivity (Wildman–Crippen MR) is 165 cm³/mol. The van der Waals surface area contributed by atoms with E-state index in [-0.39, 0.29) is 24.5 Å². The number of anilines is 2. The quantitative estimate of drug-likeness (QED) is 0.218. The molecule has 214 valence electrons. The van der Waals surface area contributed by atoms with E-state index in [9.17, 15) is 9.90 Å². The normalized spacial score (nSPS) is 19.3. The standard InChI is InChI=1S/C32H37N5O3S/c1-5-23-18-37(26(6-2)31-28(40-23)8-7-12-33-31)17-22-15-21(14-20-11-13-41-32(20)22)25(16-29(38)39)24-9-10-27-30(19(24)3)34-35-36(27)4/h7-15,23,25-26,34-35H,5-6,16-18H2,1-4H3,(H,38,39)/t23-,25+,26?/m1/s1. The third-order valence-corrected chi connectivity index (χ3v) is 9.51. The molecule has 2 aromatic carbocycles. The lowest BCUT2D eigenvalue weighted by molar-refractivity contribution is -0.137. The third-order valence-electron chi connectivity index (χ3n) is 8.51. The second-order valence-corrected chi connectivity index (χ2v) is 11.9. The van der Waals surface area contributed by atoms with Crippen molar-refractivity contribution in [3.63, 3.8) is 0 Å². The number of hydrazine groups is 2. The van der Waals surface area contributed by atoms with Crippen molar-refractivity contribution in [1.82, 2.24) is 15.4 Å². The molecule has 1 unspecified atom stereocenters. The zero-order valence-electron chi connectivity index (χ0n) is 24.0. The van der Waals surface area contributed by atoms with Crippen LogP contribution in [-0.2, 0) is 11.3 Å². The molecule has 2 aliphatic heterocycles. The summed E-state index contributed by atoms with van der Waals surface area (Å²) in [6.07, 6.45) is 3.77. The maximum absolute atomic E-state index is 12.2. The van der Waals surface area contributed by atoms with Gasteiger partial charge in [-0.1, -0.05) is 26.0 Å². The Hall–Kier alpha value is -3.66. The van der Waals surface area contributed by atoms with Crippen LogP contribution >= 0.6 is 11.3 Å². The van der Waals surface area contributed by atoms with E-state index in [1.165, 1.54) is 10.3 Å². The highest BCUT2D eigenvalue weighted by molar-refractivity contribution is 7.17. The van der Waals surface area contributed by atoms with E-state index in [0.717, 1.165) is 70.8 Å². The van der Waals surface area contributed by atoms with Crippen LogP contribution in [-0.4, -0.2) is 40.7 Å². The first-order valence-corrected chi connectivity index (χ1v) is 15.2. The molecule has 4 aromatic rings. The van der Waals surface area contributed by atoms with Crippen molar-refractivity contribution in [3.8, 4) is 5.75 Å². The SMILES string of the molecule is CCC1c2ncccc2O[C@H](CC)CN1Cc1cc([C@H](CC(=O)O)c2ccc3c(c2C)NNN3C)cc2ccsc12. The summed E-state index contributed by atoms with van der Waals surface area (Å²) < 4.78 is 7.66. The third kappa shape index (κ3) is 5.14. The number of nitrogens with one attached hydrogen (secondary N) is 2. The van der Waals surface area contributed by atoms with Crippen molar-refractivity contribution in [3.05, 3.63) is 82.0 Å². The van der Waals surface area contributed by atoms with Gasteiger partial charge in [-0.25, -0.2) is 0 Å². The van der Waals surface area contributed by atoms with Crippen molar-refractivity contribution in [2.24, 2.45) is 0 Å². The fourth-order valence-corrected chi connectivity index (χ4v) is 7.29. The Kier molecular flexibility index (Phi) is 7.59. The Morgan fingerprint density at radius 3 is 2.85 bits per heavy atom. The van der Waals surface area contributed by atoms with Crippen LogP contribution in [0.2, 0.25) is 0 Å². The number of nitrogens with zero attached hydrogens (tertiary/aromatic N) is 3. The molecule has 0 saturated carbocycles. The van der Waals surface area contributed by atoms with Crippen LogP contribution in [0, 0.1) is 6.92 Å². The highest BCUT2D eigenvalue weighted by Gasteiger charge is 2.32. The Labute approximate surface area is 244 Å². The van der Waals surface area contributed by atoms with Crippen molar-refractivity contribution >= 4 is 38.8 Å². The van der Waals surface area contributed by atoms with E-state index in [1.54, 1.807) is 11.3 Å². The molecule has 0 saturated heterocycles. The fourth-order valence-electron chi connectivity index (χ4n) is 6.40. The number of carbonyl (C=O) groups is 1. The van der Waals surface area contributed by atoms with Crippen LogP contribution in [0.3, 0.4) is 0 Å². The lowest BCUT2D eigenvalue weighted by atomic mass is 9.84. The number of aliphatic carboxylic acids is 1. The van der Waals surface area contributed by atoms with Crippen LogP contribution in [0.4, 0.5) is 11.4 Å². The molecule has 0 radical (unpaired) electrons. The summed E-state index contributed by atoms with van der Waals surface area (Å²) in [6, 6.07) is 14.8. The molecule has 9 heteroatoms. The van der Waals surface area contributed by atoms with Gasteiger partial charge in [0, 0.05) is 37.0 Å². The number of pyridine rings is 1. The van der Waals surface area contributed by atoms with Crippen molar-refractivity contribution < 1.29 is 14.6 Å². The number of aromatic nitrogens is 1. The van der Waals surface area contributed by atoms with Crippen LogP contribution in [0.5, 0.6) is 5.75 Å². The summed E-state index contributed by atoms with van der Waals surface area (Å²) in [5.41, 5.74) is 13.7. The minimum Gasteiger partial charge on any atom is -0.487 e. The molecule has 3 atom stereocenters. The van der Waals surface area contributed by atoms with Gasteiger partial charge in [0.05, 0.1) is 29.5 Å². The first-order chi connectivity index (χ1) is 19.9. The van der Waals surface area contributed by atoms with E-state index in [4.69, 9.17) is 9.72 Å². The maximum atomic E-state index is 12.2. The van der Waals surface area contributed by atoms with E-state index in [0.29, 0.717) is 0 Å². The predicted octanol–water partition coefficient (Wildman–Crippen LogP) is 6.62. The highest BCUT2D eigenvalue weighted by atomic mass is 32.1. The first-order valence-electron chi connectivity index (χ1n) is 14.3. The van der Waals surface area contributed by atoms with Crippen molar-refractivity contribution in [2.75, 3.05) is 24.0 Å². The monoisotopic (exact) mass is 571 g/mol. The van der Waals surface area contributed by atoms with Gasteiger partial charge in [0.1, 0.15) is 11.9 Å². The Morgan fingerprint density at radius 2 is 2.07 bits per heavy atom. The second kappa shape index (κ2) is 11.3. The number of rotatable bonds is 8. The van der Waals surface area contributed by atoms with Gasteiger partial charge in [-0.05, 0) is 83.1 Å². The van der Waals surface area contributed by atoms with Gasteiger partial charge in [-0.2, -0.15) is 0 Å². The van der Waals surface area contributed by atoms with Crippen LogP contribution in [0.1, 0.15) is 73.0 Å². The Morgan fingerprint density at radius 1 is 1.22 bits per heavy atom. The number of carboxylic acids is 1. The summed E-state index contributed by atoms with van der Waals surface area (Å²) in [7, 11) is 1.96. The average molecular weight is 572 g/mol. The van der Waals surface area contributed by atoms with Gasteiger partial charge in [0.2, 0.25) is 0 Å². The molecule has 0 spiro atoms. The van der Waals surface area contributed by atoms with Crippen molar-refractivity contribution in [1.29, 1.82) is 0 Å². The lowest BCUT2D eigenvalue weighted by Crippen LogP contribution is -2.35. The molecule has 3 N–H and O–H groups in total. The van der Waals surface area contributed by atoms with Crippen LogP contribution in [0.25, 0.3) is 10.1 Å². The number of benzene rings is 2. The Balaban J connectivity index is 1.43. The molecule has 0 aliphatic carbocycles. The van der Waals surface area contributed by atoms with Gasteiger partial charge < -0.3 is 15.3 Å². The van der Waals surface area contributed by atoms with Gasteiger partial charge in [-0.3, -0.25) is 19.7 Å². The zero-order chi connectivity index (χ0) is 28.7. The minimum atomic E-state index is -0.811. The molecule has 4 heterocycles. The lowest BCUT2D eigenvalue weighted by Gasteiger charge is -2.30. The summed E-state index contributed by atoms with van der Waals surface area (Å²) in [5, 5.41) is 15.2. The molecule has 0 bridgehead atoms. The molecular weight excluding hydrogens is 534 g/mol. The number of ether oxygens (including phenoxy) is 1. The largest absolute Gasteiger partial charge is 0.487 e. The zero-order valence-corrected chi connectivity index (χ0v) is 24.8. The highest BCUT2D eigenvalue weighted by Crippen LogP contribution is 2.42. The van der Waals surface area contributed by atoms with Gasteiger partial charge in [-0.15, -0.1) is 16.9 Å². The molecule has 6 rings (SSSR count). The topological polar surface area (TPSA) is 90.0 Å². The molecular formula is C32H37N5O3S. The van der Waals surface area contributed by atoms with E-state index in [1.807, 2.05) is 30.4 Å². The Bertz CT molecular complexity index is 1590. The molecule has 2 aromatic heterocycles. The average Bonchev–Trinajstić information content (AvgIpc) is 3.56. The summed E-state index contributed by atoms with van der Waals surface area (Å²) >= 11 is 1.74. The number of thiophene rings is 1. The minimum absolute atomic E-state index is 0.0162.